The second-order valence-electron chi connectivity index (χ2n) is 5.28. The molecule has 0 atom stereocenters. The van der Waals surface area contributed by atoms with Crippen LogP contribution in [0.5, 0.6) is 0 Å². The van der Waals surface area contributed by atoms with Crippen LogP contribution in [0.1, 0.15) is 89.9 Å². The van der Waals surface area contributed by atoms with Crippen molar-refractivity contribution in [3.8, 4) is 0 Å². The molecule has 0 aromatic rings. The van der Waals surface area contributed by atoms with Gasteiger partial charge in [-0.3, -0.25) is 0 Å². The molecule has 0 fully saturated rings. The second kappa shape index (κ2) is 22.4. The average Bonchev–Trinajstić information content (AvgIpc) is 2.34. The molecule has 0 N–H and O–H groups in total. The molecule has 0 radical (unpaired) electrons. The molecule has 0 unspecified atom stereocenters. The Morgan fingerprint density at radius 1 is 0.600 bits per heavy atom. The van der Waals surface area contributed by atoms with E-state index in [1.165, 1.54) is 57.8 Å². The first-order valence-electron chi connectivity index (χ1n) is 7.84. The van der Waals surface area contributed by atoms with E-state index in [1.54, 1.807) is 0 Å². The van der Waals surface area contributed by atoms with Gasteiger partial charge in [-0.25, -0.2) is 8.78 Å². The van der Waals surface area contributed by atoms with Gasteiger partial charge in [0.05, 0.1) is 0 Å². The number of halogens is 3. The van der Waals surface area contributed by atoms with Gasteiger partial charge >= 0.3 is 23.1 Å². The van der Waals surface area contributed by atoms with Crippen molar-refractivity contribution in [2.75, 3.05) is 0 Å². The van der Waals surface area contributed by atoms with Crippen molar-refractivity contribution in [2.24, 2.45) is 0 Å². The van der Waals surface area contributed by atoms with E-state index in [9.17, 15) is 8.78 Å². The third-order valence-corrected chi connectivity index (χ3v) is 3.42. The van der Waals surface area contributed by atoms with E-state index in [4.69, 9.17) is 0 Å². The topological polar surface area (TPSA) is 0 Å². The van der Waals surface area contributed by atoms with Gasteiger partial charge in [-0.2, -0.15) is 6.42 Å². The summed E-state index contributed by atoms with van der Waals surface area (Å²) in [5, 5.41) is 0. The molecule has 0 bridgehead atoms. The van der Waals surface area contributed by atoms with Crippen LogP contribution in [0.3, 0.4) is 0 Å². The summed E-state index contributed by atoms with van der Waals surface area (Å²) in [4.78, 5) is 0. The third kappa shape index (κ3) is 24.1. The van der Waals surface area contributed by atoms with Gasteiger partial charge in [0.1, 0.15) is 0 Å². The fourth-order valence-corrected chi connectivity index (χ4v) is 2.24. The zero-order valence-electron chi connectivity index (χ0n) is 13.0. The van der Waals surface area contributed by atoms with Gasteiger partial charge < -0.3 is 23.9 Å². The largest absolute Gasteiger partial charge is 2.00 e. The van der Waals surface area contributed by atoms with Crippen LogP contribution in [-0.4, -0.2) is 29.5 Å². The van der Waals surface area contributed by atoms with Crippen LogP contribution in [0.2, 0.25) is 0 Å². The van der Waals surface area contributed by atoms with Gasteiger partial charge in [0.25, 0.3) is 0 Å². The first-order valence-corrected chi connectivity index (χ1v) is 7.84. The van der Waals surface area contributed by atoms with E-state index in [2.05, 4.69) is 6.92 Å². The predicted octanol–water partition coefficient (Wildman–Crippen LogP) is 3.17. The second-order valence-corrected chi connectivity index (χ2v) is 5.28. The van der Waals surface area contributed by atoms with Gasteiger partial charge in [-0.05, 0) is 6.42 Å². The number of alkyl halides is 2. The Labute approximate surface area is 151 Å². The minimum atomic E-state index is -2.10. The van der Waals surface area contributed by atoms with Crippen LogP contribution >= 0.6 is 0 Å². The summed E-state index contributed by atoms with van der Waals surface area (Å²) in [5.74, 6) is 0. The number of hydrogen-bond donors (Lipinski definition) is 0. The van der Waals surface area contributed by atoms with Crippen LogP contribution in [0.4, 0.5) is 8.78 Å². The maximum atomic E-state index is 11.9. The summed E-state index contributed by atoms with van der Waals surface area (Å²) < 4.78 is 23.7. The van der Waals surface area contributed by atoms with Crippen molar-refractivity contribution < 1.29 is 25.8 Å². The van der Waals surface area contributed by atoms with Gasteiger partial charge in [-0.1, -0.05) is 70.6 Å². The summed E-state index contributed by atoms with van der Waals surface area (Å²) in [6, 6.07) is 0. The molecule has 0 aromatic carbocycles. The van der Waals surface area contributed by atoms with Crippen LogP contribution < -0.4 is 17.0 Å². The fourth-order valence-electron chi connectivity index (χ4n) is 2.24. The summed E-state index contributed by atoms with van der Waals surface area (Å²) in [6.07, 6.45) is 13.8. The minimum absolute atomic E-state index is 0. The zero-order valence-corrected chi connectivity index (χ0v) is 16.0. The summed E-state index contributed by atoms with van der Waals surface area (Å²) >= 11 is 0. The molecule has 0 aliphatic rings. The minimum Gasteiger partial charge on any atom is -1.00 e. The van der Waals surface area contributed by atoms with Crippen molar-refractivity contribution in [3.05, 3.63) is 6.92 Å². The molecule has 0 aliphatic carbocycles. The smallest absolute Gasteiger partial charge is 1.00 e. The Bertz CT molecular complexity index is 157. The van der Waals surface area contributed by atoms with Crippen molar-refractivity contribution in [2.45, 2.75) is 96.3 Å². The molecule has 4 heteroatoms. The van der Waals surface area contributed by atoms with E-state index >= 15 is 0 Å². The molecule has 118 valence electrons. The van der Waals surface area contributed by atoms with E-state index in [-0.39, 0.29) is 46.5 Å². The van der Waals surface area contributed by atoms with Crippen molar-refractivity contribution in [3.63, 3.8) is 0 Å². The Kier molecular flexibility index (Phi) is 29.1. The Morgan fingerprint density at radius 2 is 0.900 bits per heavy atom. The molecule has 0 aliphatic heterocycles. The maximum absolute atomic E-state index is 11.9. The number of rotatable bonds is 14. The third-order valence-electron chi connectivity index (χ3n) is 3.42. The molecule has 0 aromatic heterocycles. The van der Waals surface area contributed by atoms with E-state index in [0.717, 1.165) is 19.3 Å². The maximum Gasteiger partial charge on any atom is 2.00 e. The molecule has 0 saturated heterocycles. The molecule has 0 nitrogen and oxygen atoms in total. The van der Waals surface area contributed by atoms with Crippen molar-refractivity contribution in [1.82, 2.24) is 0 Å². The van der Waals surface area contributed by atoms with E-state index in [0.29, 0.717) is 6.42 Å². The summed E-state index contributed by atoms with van der Waals surface area (Å²) in [7, 11) is 0. The van der Waals surface area contributed by atoms with Gasteiger partial charge in [0.15, 0.2) is 0 Å². The number of hydrogen-bond acceptors (Lipinski definition) is 0. The molecule has 0 saturated carbocycles. The molecule has 0 amide bonds. The number of unbranched alkanes of at least 4 members (excludes halogenated alkanes) is 12. The molecule has 0 rings (SSSR count). The quantitative estimate of drug-likeness (QED) is 0.252. The van der Waals surface area contributed by atoms with Crippen LogP contribution in [-0.2, 0) is 0 Å². The molecular formula is C16H31BrF2Mg. The van der Waals surface area contributed by atoms with Gasteiger partial charge in [-0.15, -0.1) is 0 Å². The Balaban J connectivity index is -0.00000144. The van der Waals surface area contributed by atoms with Gasteiger partial charge in [0, 0.05) is 6.42 Å². The summed E-state index contributed by atoms with van der Waals surface area (Å²) in [6.45, 7) is 3.84. The van der Waals surface area contributed by atoms with E-state index in [1.807, 2.05) is 0 Å². The normalized spacial score (nSPS) is 10.2. The van der Waals surface area contributed by atoms with Crippen molar-refractivity contribution in [1.29, 1.82) is 0 Å². The predicted molar refractivity (Wildman–Crippen MR) is 81.8 cm³/mol. The summed E-state index contributed by atoms with van der Waals surface area (Å²) in [5.41, 5.74) is 0. The molecule has 0 spiro atoms. The Morgan fingerprint density at radius 3 is 1.20 bits per heavy atom. The molecule has 0 heterocycles. The molecule has 20 heavy (non-hydrogen) atoms. The standard InChI is InChI=1S/C16H31F2.BrH.Mg/c1-2-3-4-5-6-7-8-9-10-11-12-13-14-15-16(17)18;;/h16H,1-15H2;1H;/q-1;;+2/p-1. The van der Waals surface area contributed by atoms with E-state index < -0.39 is 6.43 Å². The Hall–Kier alpha value is 1.11. The monoisotopic (exact) mass is 364 g/mol. The van der Waals surface area contributed by atoms with Gasteiger partial charge in [0.2, 0.25) is 6.43 Å². The zero-order chi connectivity index (χ0) is 13.5. The fraction of sp³-hybridized carbons (Fsp3) is 0.938. The SMILES string of the molecule is [Br-].[CH2-]CCCCCCCCCCCCCCC(F)F.[Mg+2]. The van der Waals surface area contributed by atoms with Crippen molar-refractivity contribution >= 4 is 23.1 Å². The van der Waals surface area contributed by atoms with Crippen LogP contribution in [0, 0.1) is 6.92 Å². The van der Waals surface area contributed by atoms with Crippen LogP contribution in [0.15, 0.2) is 0 Å². The average molecular weight is 366 g/mol. The first-order chi connectivity index (χ1) is 8.77. The molecular weight excluding hydrogens is 334 g/mol. The van der Waals surface area contributed by atoms with Crippen LogP contribution in [0.25, 0.3) is 0 Å². The first kappa shape index (κ1) is 26.0.